The van der Waals surface area contributed by atoms with Gasteiger partial charge < -0.3 is 19.7 Å². The zero-order valence-electron chi connectivity index (χ0n) is 18.8. The number of nitrogens with one attached hydrogen (secondary N) is 1. The van der Waals surface area contributed by atoms with Gasteiger partial charge in [-0.3, -0.25) is 9.10 Å². The summed E-state index contributed by atoms with van der Waals surface area (Å²) in [6.45, 7) is 7.45. The van der Waals surface area contributed by atoms with Crippen LogP contribution in [0.1, 0.15) is 19.4 Å². The predicted octanol–water partition coefficient (Wildman–Crippen LogP) is 2.39. The van der Waals surface area contributed by atoms with Crippen LogP contribution in [0, 0.1) is 0 Å². The molecule has 1 heterocycles. The Morgan fingerprint density at radius 1 is 1.12 bits per heavy atom. The summed E-state index contributed by atoms with van der Waals surface area (Å²) >= 11 is 0. The van der Waals surface area contributed by atoms with E-state index in [4.69, 9.17) is 9.47 Å². The van der Waals surface area contributed by atoms with E-state index in [1.165, 1.54) is 0 Å². The second kappa shape index (κ2) is 10.7. The van der Waals surface area contributed by atoms with E-state index in [0.29, 0.717) is 24.6 Å². The Morgan fingerprint density at radius 3 is 2.31 bits per heavy atom. The van der Waals surface area contributed by atoms with Crippen molar-refractivity contribution in [2.24, 2.45) is 0 Å². The quantitative estimate of drug-likeness (QED) is 0.617. The van der Waals surface area contributed by atoms with Gasteiger partial charge in [0, 0.05) is 25.3 Å². The maximum Gasteiger partial charge on any atom is 0.243 e. The molecule has 1 atom stereocenters. The van der Waals surface area contributed by atoms with E-state index < -0.39 is 16.1 Å². The standard InChI is InChI=1S/C23H31N3O5S/c1-4-31-22-11-9-21(10-12-22)26(32(3,28)29)18(2)23(27)24-17-19-5-7-20(8-6-19)25-13-15-30-16-14-25/h5-12,18H,4,13-17H2,1-3H3,(H,24,27)/t18-/m1/s1. The summed E-state index contributed by atoms with van der Waals surface area (Å²) in [4.78, 5) is 15.1. The average molecular weight is 462 g/mol. The minimum atomic E-state index is -3.67. The first-order chi connectivity index (χ1) is 15.3. The molecule has 32 heavy (non-hydrogen) atoms. The van der Waals surface area contributed by atoms with Crippen molar-refractivity contribution >= 4 is 27.3 Å². The molecule has 1 amide bonds. The fourth-order valence-electron chi connectivity index (χ4n) is 3.65. The zero-order valence-corrected chi connectivity index (χ0v) is 19.6. The van der Waals surface area contributed by atoms with Crippen molar-refractivity contribution in [3.63, 3.8) is 0 Å². The van der Waals surface area contributed by atoms with Gasteiger partial charge in [0.25, 0.3) is 0 Å². The lowest BCUT2D eigenvalue weighted by Crippen LogP contribution is -2.47. The zero-order chi connectivity index (χ0) is 23.1. The minimum absolute atomic E-state index is 0.313. The van der Waals surface area contributed by atoms with E-state index in [1.807, 2.05) is 31.2 Å². The molecular weight excluding hydrogens is 430 g/mol. The molecule has 2 aromatic carbocycles. The van der Waals surface area contributed by atoms with Gasteiger partial charge in [0.2, 0.25) is 15.9 Å². The van der Waals surface area contributed by atoms with Crippen molar-refractivity contribution in [3.05, 3.63) is 54.1 Å². The van der Waals surface area contributed by atoms with Crippen molar-refractivity contribution in [1.29, 1.82) is 0 Å². The molecule has 3 rings (SSSR count). The normalized spacial score (nSPS) is 15.2. The fraction of sp³-hybridized carbons (Fsp3) is 0.435. The van der Waals surface area contributed by atoms with Crippen molar-refractivity contribution in [1.82, 2.24) is 5.32 Å². The molecular formula is C23H31N3O5S. The summed E-state index contributed by atoms with van der Waals surface area (Å²) in [5.41, 5.74) is 2.47. The van der Waals surface area contributed by atoms with Crippen LogP contribution >= 0.6 is 0 Å². The number of hydrogen-bond acceptors (Lipinski definition) is 6. The van der Waals surface area contributed by atoms with Crippen LogP contribution in [0.2, 0.25) is 0 Å². The molecule has 0 radical (unpaired) electrons. The number of sulfonamides is 1. The molecule has 1 aliphatic heterocycles. The van der Waals surface area contributed by atoms with Gasteiger partial charge in [0.15, 0.2) is 0 Å². The maximum atomic E-state index is 12.8. The highest BCUT2D eigenvalue weighted by Crippen LogP contribution is 2.24. The average Bonchev–Trinajstić information content (AvgIpc) is 2.79. The number of rotatable bonds is 9. The Bertz CT molecular complexity index is 987. The number of hydrogen-bond donors (Lipinski definition) is 1. The van der Waals surface area contributed by atoms with Crippen LogP contribution in [0.4, 0.5) is 11.4 Å². The monoisotopic (exact) mass is 461 g/mol. The van der Waals surface area contributed by atoms with Crippen LogP contribution in [-0.2, 0) is 26.1 Å². The van der Waals surface area contributed by atoms with Gasteiger partial charge in [0.05, 0.1) is 31.8 Å². The molecule has 8 nitrogen and oxygen atoms in total. The van der Waals surface area contributed by atoms with Gasteiger partial charge in [-0.15, -0.1) is 0 Å². The molecule has 0 saturated carbocycles. The second-order valence-corrected chi connectivity index (χ2v) is 9.50. The Labute approximate surface area is 190 Å². The number of anilines is 2. The number of carbonyl (C=O) groups excluding carboxylic acids is 1. The summed E-state index contributed by atoms with van der Waals surface area (Å²) in [5, 5.41) is 2.85. The van der Waals surface area contributed by atoms with Crippen LogP contribution in [-0.4, -0.2) is 59.5 Å². The first-order valence-electron chi connectivity index (χ1n) is 10.7. The number of amides is 1. The van der Waals surface area contributed by atoms with Crippen LogP contribution in [0.5, 0.6) is 5.75 Å². The van der Waals surface area contributed by atoms with Crippen molar-refractivity contribution in [3.8, 4) is 5.75 Å². The molecule has 1 fully saturated rings. The van der Waals surface area contributed by atoms with Crippen LogP contribution < -0.4 is 19.3 Å². The summed E-state index contributed by atoms with van der Waals surface area (Å²) in [6.07, 6.45) is 1.09. The van der Waals surface area contributed by atoms with Gasteiger partial charge in [-0.2, -0.15) is 0 Å². The van der Waals surface area contributed by atoms with Crippen LogP contribution in [0.15, 0.2) is 48.5 Å². The van der Waals surface area contributed by atoms with Gasteiger partial charge >= 0.3 is 0 Å². The summed E-state index contributed by atoms with van der Waals surface area (Å²) < 4.78 is 36.8. The summed E-state index contributed by atoms with van der Waals surface area (Å²) in [6, 6.07) is 13.7. The first kappa shape index (κ1) is 23.9. The highest BCUT2D eigenvalue weighted by Gasteiger charge is 2.29. The van der Waals surface area contributed by atoms with Crippen molar-refractivity contribution in [2.45, 2.75) is 26.4 Å². The Morgan fingerprint density at radius 2 is 1.75 bits per heavy atom. The van der Waals surface area contributed by atoms with Crippen molar-refractivity contribution < 1.29 is 22.7 Å². The molecule has 174 valence electrons. The third-order valence-electron chi connectivity index (χ3n) is 5.27. The third kappa shape index (κ3) is 6.14. The number of nitrogens with zero attached hydrogens (tertiary/aromatic N) is 2. The number of morpholine rings is 1. The lowest BCUT2D eigenvalue weighted by molar-refractivity contribution is -0.122. The minimum Gasteiger partial charge on any atom is -0.494 e. The van der Waals surface area contributed by atoms with E-state index in [-0.39, 0.29) is 5.91 Å². The molecule has 1 N–H and O–H groups in total. The molecule has 2 aromatic rings. The Hall–Kier alpha value is -2.78. The smallest absolute Gasteiger partial charge is 0.243 e. The van der Waals surface area contributed by atoms with E-state index in [0.717, 1.165) is 48.1 Å². The fourth-order valence-corrected chi connectivity index (χ4v) is 4.82. The van der Waals surface area contributed by atoms with Crippen LogP contribution in [0.3, 0.4) is 0 Å². The Balaban J connectivity index is 1.64. The van der Waals surface area contributed by atoms with Crippen molar-refractivity contribution in [2.75, 3.05) is 48.4 Å². The van der Waals surface area contributed by atoms with E-state index in [1.54, 1.807) is 31.2 Å². The summed E-state index contributed by atoms with van der Waals surface area (Å²) in [7, 11) is -3.67. The van der Waals surface area contributed by atoms with Gasteiger partial charge in [-0.05, 0) is 55.8 Å². The third-order valence-corrected chi connectivity index (χ3v) is 6.51. The predicted molar refractivity (Wildman–Crippen MR) is 126 cm³/mol. The van der Waals surface area contributed by atoms with Gasteiger partial charge in [0.1, 0.15) is 11.8 Å². The highest BCUT2D eigenvalue weighted by molar-refractivity contribution is 7.92. The number of carbonyl (C=O) groups is 1. The lowest BCUT2D eigenvalue weighted by atomic mass is 10.1. The van der Waals surface area contributed by atoms with E-state index in [2.05, 4.69) is 10.2 Å². The van der Waals surface area contributed by atoms with Crippen LogP contribution in [0.25, 0.3) is 0 Å². The second-order valence-electron chi connectivity index (χ2n) is 7.65. The number of benzene rings is 2. The maximum absolute atomic E-state index is 12.8. The topological polar surface area (TPSA) is 88.2 Å². The first-order valence-corrected chi connectivity index (χ1v) is 12.6. The van der Waals surface area contributed by atoms with E-state index >= 15 is 0 Å². The summed E-state index contributed by atoms with van der Waals surface area (Å²) in [5.74, 6) is 0.267. The lowest BCUT2D eigenvalue weighted by Gasteiger charge is -2.29. The molecule has 0 spiro atoms. The Kier molecular flexibility index (Phi) is 7.98. The molecule has 0 unspecified atom stereocenters. The number of ether oxygens (including phenoxy) is 2. The highest BCUT2D eigenvalue weighted by atomic mass is 32.2. The van der Waals surface area contributed by atoms with E-state index in [9.17, 15) is 13.2 Å². The van der Waals surface area contributed by atoms with Gasteiger partial charge in [-0.1, -0.05) is 12.1 Å². The largest absolute Gasteiger partial charge is 0.494 e. The molecule has 0 aliphatic carbocycles. The molecule has 9 heteroatoms. The molecule has 0 bridgehead atoms. The SMILES string of the molecule is CCOc1ccc(N([C@H](C)C(=O)NCc2ccc(N3CCOCC3)cc2)S(C)(=O)=O)cc1. The molecule has 1 aliphatic rings. The molecule has 0 aromatic heterocycles. The molecule has 1 saturated heterocycles. The van der Waals surface area contributed by atoms with Gasteiger partial charge in [-0.25, -0.2) is 8.42 Å².